The topological polar surface area (TPSA) is 39.9 Å². The van der Waals surface area contributed by atoms with Crippen LogP contribution in [0.1, 0.15) is 11.4 Å². The van der Waals surface area contributed by atoms with Gasteiger partial charge in [-0.3, -0.25) is 4.68 Å². The monoisotopic (exact) mass is 315 g/mol. The van der Waals surface area contributed by atoms with Gasteiger partial charge >= 0.3 is 0 Å². The van der Waals surface area contributed by atoms with Gasteiger partial charge in [0.1, 0.15) is 11.2 Å². The Hall–Kier alpha value is -1.07. The van der Waals surface area contributed by atoms with E-state index in [1.54, 1.807) is 10.9 Å². The number of nitrogens with zero attached hydrogens (tertiary/aromatic N) is 3. The van der Waals surface area contributed by atoms with Crippen LogP contribution in [0.2, 0.25) is 5.02 Å². The average molecular weight is 317 g/mol. The van der Waals surface area contributed by atoms with Gasteiger partial charge in [0, 0.05) is 13.2 Å². The Morgan fingerprint density at radius 3 is 2.88 bits per heavy atom. The van der Waals surface area contributed by atoms with Gasteiger partial charge in [-0.1, -0.05) is 11.6 Å². The van der Waals surface area contributed by atoms with E-state index >= 15 is 0 Å². The zero-order chi connectivity index (χ0) is 12.4. The lowest BCUT2D eigenvalue weighted by Crippen LogP contribution is -2.04. The first-order valence-electron chi connectivity index (χ1n) is 5.01. The Morgan fingerprint density at radius 2 is 2.29 bits per heavy atom. The minimum Gasteiger partial charge on any atom is -0.484 e. The fraction of sp³-hybridized carbons (Fsp3) is 0.273. The van der Waals surface area contributed by atoms with Gasteiger partial charge in [-0.15, -0.1) is 0 Å². The molecule has 0 aliphatic rings. The Kier molecular flexibility index (Phi) is 3.69. The lowest BCUT2D eigenvalue weighted by Gasteiger charge is -2.07. The second-order valence-corrected chi connectivity index (χ2v) is 4.68. The number of rotatable bonds is 3. The molecule has 0 aromatic carbocycles. The quantitative estimate of drug-likeness (QED) is 0.817. The number of aromatic nitrogens is 3. The van der Waals surface area contributed by atoms with Crippen LogP contribution in [0.5, 0.6) is 5.75 Å². The molecule has 0 spiro atoms. The summed E-state index contributed by atoms with van der Waals surface area (Å²) in [5, 5.41) is 4.87. The summed E-state index contributed by atoms with van der Waals surface area (Å²) in [6.07, 6.45) is 1.69. The molecule has 0 N–H and O–H groups in total. The fourth-order valence-electron chi connectivity index (χ4n) is 1.46. The van der Waals surface area contributed by atoms with Crippen LogP contribution in [-0.2, 0) is 13.7 Å². The maximum Gasteiger partial charge on any atom is 0.152 e. The number of hydrogen-bond donors (Lipinski definition) is 0. The minimum absolute atomic E-state index is 0.362. The van der Waals surface area contributed by atoms with E-state index in [-0.39, 0.29) is 0 Å². The van der Waals surface area contributed by atoms with Crippen molar-refractivity contribution in [3.63, 3.8) is 0 Å². The predicted octanol–water partition coefficient (Wildman–Crippen LogP) is 3.12. The van der Waals surface area contributed by atoms with Gasteiger partial charge in [0.15, 0.2) is 5.75 Å². The second-order valence-electron chi connectivity index (χ2n) is 3.55. The molecule has 6 heteroatoms. The molecule has 0 saturated heterocycles. The summed E-state index contributed by atoms with van der Waals surface area (Å²) < 4.78 is 8.04. The minimum atomic E-state index is 0.362. The summed E-state index contributed by atoms with van der Waals surface area (Å²) in [5.41, 5.74) is 1.65. The third-order valence-electron chi connectivity index (χ3n) is 2.35. The molecular weight excluding hydrogens is 305 g/mol. The number of aryl methyl sites for hydroxylation is 2. The summed E-state index contributed by atoms with van der Waals surface area (Å²) in [6, 6.07) is 3.66. The zero-order valence-corrected chi connectivity index (χ0v) is 11.8. The SMILES string of the molecule is Cc1nn(C)c(COc2cccnc2Br)c1Cl. The van der Waals surface area contributed by atoms with Crippen LogP contribution in [-0.4, -0.2) is 14.8 Å². The van der Waals surface area contributed by atoms with Crippen molar-refractivity contribution in [1.29, 1.82) is 0 Å². The smallest absolute Gasteiger partial charge is 0.152 e. The maximum atomic E-state index is 6.13. The summed E-state index contributed by atoms with van der Waals surface area (Å²) in [6.45, 7) is 2.23. The molecule has 0 aliphatic carbocycles. The molecule has 2 aromatic rings. The summed E-state index contributed by atoms with van der Waals surface area (Å²) in [7, 11) is 1.84. The zero-order valence-electron chi connectivity index (χ0n) is 9.44. The van der Waals surface area contributed by atoms with Gasteiger partial charge in [0.2, 0.25) is 0 Å². The van der Waals surface area contributed by atoms with E-state index in [0.29, 0.717) is 22.0 Å². The molecule has 0 amide bonds. The number of ether oxygens (including phenoxy) is 1. The molecule has 0 aliphatic heterocycles. The molecule has 0 saturated carbocycles. The summed E-state index contributed by atoms with van der Waals surface area (Å²) >= 11 is 9.45. The van der Waals surface area contributed by atoms with Crippen molar-refractivity contribution in [1.82, 2.24) is 14.8 Å². The second kappa shape index (κ2) is 5.06. The van der Waals surface area contributed by atoms with Gasteiger partial charge in [0.25, 0.3) is 0 Å². The highest BCUT2D eigenvalue weighted by Crippen LogP contribution is 2.25. The van der Waals surface area contributed by atoms with Crippen molar-refractivity contribution in [2.75, 3.05) is 0 Å². The molecule has 0 atom stereocenters. The van der Waals surface area contributed by atoms with Crippen LogP contribution in [0.25, 0.3) is 0 Å². The van der Waals surface area contributed by atoms with Gasteiger partial charge in [-0.25, -0.2) is 4.98 Å². The molecule has 0 fully saturated rings. The number of hydrogen-bond acceptors (Lipinski definition) is 3. The molecular formula is C11H11BrClN3O. The number of halogens is 2. The molecule has 0 unspecified atom stereocenters. The van der Waals surface area contributed by atoms with Crippen LogP contribution in [0.3, 0.4) is 0 Å². The van der Waals surface area contributed by atoms with E-state index in [2.05, 4.69) is 26.0 Å². The molecule has 90 valence electrons. The van der Waals surface area contributed by atoms with E-state index in [0.717, 1.165) is 11.4 Å². The molecule has 2 aromatic heterocycles. The van der Waals surface area contributed by atoms with Crippen LogP contribution >= 0.6 is 27.5 Å². The maximum absolute atomic E-state index is 6.13. The van der Waals surface area contributed by atoms with Crippen LogP contribution < -0.4 is 4.74 Å². The van der Waals surface area contributed by atoms with E-state index in [4.69, 9.17) is 16.3 Å². The van der Waals surface area contributed by atoms with Crippen molar-refractivity contribution >= 4 is 27.5 Å². The largest absolute Gasteiger partial charge is 0.484 e. The first-order valence-corrected chi connectivity index (χ1v) is 6.18. The van der Waals surface area contributed by atoms with Gasteiger partial charge in [-0.05, 0) is 35.0 Å². The van der Waals surface area contributed by atoms with E-state index < -0.39 is 0 Å². The van der Waals surface area contributed by atoms with Crippen molar-refractivity contribution in [3.8, 4) is 5.75 Å². The Balaban J connectivity index is 2.15. The van der Waals surface area contributed by atoms with Crippen LogP contribution in [0, 0.1) is 6.92 Å². The van der Waals surface area contributed by atoms with Crippen molar-refractivity contribution < 1.29 is 4.74 Å². The van der Waals surface area contributed by atoms with Gasteiger partial charge < -0.3 is 4.74 Å². The van der Waals surface area contributed by atoms with Crippen LogP contribution in [0.15, 0.2) is 22.9 Å². The fourth-order valence-corrected chi connectivity index (χ4v) is 2.04. The highest BCUT2D eigenvalue weighted by molar-refractivity contribution is 9.10. The molecule has 0 radical (unpaired) electrons. The Bertz CT molecular complexity index is 542. The normalized spacial score (nSPS) is 10.6. The molecule has 2 heterocycles. The number of pyridine rings is 1. The highest BCUT2D eigenvalue weighted by Gasteiger charge is 2.12. The van der Waals surface area contributed by atoms with E-state index in [1.165, 1.54) is 0 Å². The van der Waals surface area contributed by atoms with E-state index in [9.17, 15) is 0 Å². The third kappa shape index (κ3) is 2.61. The third-order valence-corrected chi connectivity index (χ3v) is 3.44. The molecule has 17 heavy (non-hydrogen) atoms. The van der Waals surface area contributed by atoms with Gasteiger partial charge in [-0.2, -0.15) is 5.10 Å². The van der Waals surface area contributed by atoms with E-state index in [1.807, 2.05) is 26.1 Å². The Labute approximate surface area is 113 Å². The summed E-state index contributed by atoms with van der Waals surface area (Å²) in [5.74, 6) is 0.683. The Morgan fingerprint density at radius 1 is 1.53 bits per heavy atom. The summed E-state index contributed by atoms with van der Waals surface area (Å²) in [4.78, 5) is 4.08. The van der Waals surface area contributed by atoms with Crippen molar-refractivity contribution in [2.24, 2.45) is 7.05 Å². The predicted molar refractivity (Wildman–Crippen MR) is 69.2 cm³/mol. The molecule has 2 rings (SSSR count). The first kappa shape index (κ1) is 12.4. The lowest BCUT2D eigenvalue weighted by molar-refractivity contribution is 0.291. The van der Waals surface area contributed by atoms with Gasteiger partial charge in [0.05, 0.1) is 16.4 Å². The standard InChI is InChI=1S/C11H11BrClN3O/c1-7-10(13)8(16(2)15-7)6-17-9-4-3-5-14-11(9)12/h3-5H,6H2,1-2H3. The molecule has 4 nitrogen and oxygen atoms in total. The molecule has 0 bridgehead atoms. The van der Waals surface area contributed by atoms with Crippen molar-refractivity contribution in [3.05, 3.63) is 39.3 Å². The van der Waals surface area contributed by atoms with Crippen LogP contribution in [0.4, 0.5) is 0 Å². The highest BCUT2D eigenvalue weighted by atomic mass is 79.9. The van der Waals surface area contributed by atoms with Crippen molar-refractivity contribution in [2.45, 2.75) is 13.5 Å². The first-order chi connectivity index (χ1) is 8.09. The lowest BCUT2D eigenvalue weighted by atomic mass is 10.4. The average Bonchev–Trinajstić information content (AvgIpc) is 2.53.